The zero-order valence-corrected chi connectivity index (χ0v) is 15.9. The standard InChI is InChI=1S/C21H27N5O/c1-2-7-25-8-10-26(11-9-25)21-14-23-18-5-3-16(13-19(18)24-21)15-4-6-20(27)17(22)12-15/h4,6,12-14,27H,2-3,5,7-11,22H2,1H3. The number of piperazine rings is 1. The summed E-state index contributed by atoms with van der Waals surface area (Å²) in [7, 11) is 0. The molecule has 0 saturated carbocycles. The number of hydrogen-bond acceptors (Lipinski definition) is 6. The van der Waals surface area contributed by atoms with Crippen LogP contribution >= 0.6 is 0 Å². The van der Waals surface area contributed by atoms with Crippen LogP contribution < -0.4 is 10.6 Å². The maximum atomic E-state index is 9.66. The molecule has 0 radical (unpaired) electrons. The summed E-state index contributed by atoms with van der Waals surface area (Å²) in [6, 6.07) is 5.39. The van der Waals surface area contributed by atoms with Gasteiger partial charge in [-0.15, -0.1) is 0 Å². The molecule has 2 aliphatic rings. The van der Waals surface area contributed by atoms with Gasteiger partial charge in [0.1, 0.15) is 11.6 Å². The lowest BCUT2D eigenvalue weighted by molar-refractivity contribution is 0.258. The van der Waals surface area contributed by atoms with Crippen molar-refractivity contribution in [3.63, 3.8) is 0 Å². The number of phenolic OH excluding ortho intramolecular Hbond substituents is 1. The molecule has 1 aliphatic carbocycles. The van der Waals surface area contributed by atoms with Crippen LogP contribution in [0.1, 0.15) is 36.7 Å². The van der Waals surface area contributed by atoms with Crippen molar-refractivity contribution < 1.29 is 5.11 Å². The number of anilines is 2. The molecule has 1 aromatic heterocycles. The zero-order valence-electron chi connectivity index (χ0n) is 15.9. The lowest BCUT2D eigenvalue weighted by atomic mass is 9.93. The molecule has 2 aromatic rings. The fourth-order valence-corrected chi connectivity index (χ4v) is 3.87. The van der Waals surface area contributed by atoms with E-state index in [4.69, 9.17) is 10.7 Å². The number of phenols is 1. The first kappa shape index (κ1) is 17.8. The molecule has 3 N–H and O–H groups in total. The molecule has 2 heterocycles. The SMILES string of the molecule is CCCN1CCN(c2cnc3c(n2)C=C(c2ccc(O)c(N)c2)CC3)CC1. The van der Waals surface area contributed by atoms with Crippen LogP contribution in [0, 0.1) is 0 Å². The van der Waals surface area contributed by atoms with Gasteiger partial charge in [-0.1, -0.05) is 13.0 Å². The summed E-state index contributed by atoms with van der Waals surface area (Å²) in [4.78, 5) is 14.4. The fourth-order valence-electron chi connectivity index (χ4n) is 3.87. The van der Waals surface area contributed by atoms with E-state index in [0.29, 0.717) is 5.69 Å². The Labute approximate surface area is 160 Å². The molecule has 1 saturated heterocycles. The van der Waals surface area contributed by atoms with Crippen molar-refractivity contribution >= 4 is 23.2 Å². The third-order valence-electron chi connectivity index (χ3n) is 5.44. The predicted octanol–water partition coefficient (Wildman–Crippen LogP) is 2.78. The van der Waals surface area contributed by atoms with Gasteiger partial charge in [0.2, 0.25) is 0 Å². The van der Waals surface area contributed by atoms with Gasteiger partial charge in [-0.3, -0.25) is 9.88 Å². The molecule has 1 fully saturated rings. The highest BCUT2D eigenvalue weighted by Crippen LogP contribution is 2.32. The second-order valence-electron chi connectivity index (χ2n) is 7.33. The predicted molar refractivity (Wildman–Crippen MR) is 110 cm³/mol. The molecule has 6 nitrogen and oxygen atoms in total. The van der Waals surface area contributed by atoms with Crippen molar-refractivity contribution in [1.82, 2.24) is 14.9 Å². The van der Waals surface area contributed by atoms with Crippen LogP contribution in [-0.4, -0.2) is 52.7 Å². The van der Waals surface area contributed by atoms with Crippen LogP contribution in [0.15, 0.2) is 24.4 Å². The number of aryl methyl sites for hydroxylation is 1. The van der Waals surface area contributed by atoms with Gasteiger partial charge >= 0.3 is 0 Å². The van der Waals surface area contributed by atoms with E-state index < -0.39 is 0 Å². The number of nitrogens with zero attached hydrogens (tertiary/aromatic N) is 4. The zero-order chi connectivity index (χ0) is 18.8. The number of benzene rings is 1. The van der Waals surface area contributed by atoms with Gasteiger partial charge in [0, 0.05) is 26.2 Å². The Hall–Kier alpha value is -2.60. The molecule has 0 bridgehead atoms. The minimum Gasteiger partial charge on any atom is -0.506 e. The Balaban J connectivity index is 1.55. The van der Waals surface area contributed by atoms with E-state index >= 15 is 0 Å². The van der Waals surface area contributed by atoms with Gasteiger partial charge in [-0.05, 0) is 55.2 Å². The van der Waals surface area contributed by atoms with Gasteiger partial charge in [0.25, 0.3) is 0 Å². The first-order valence-electron chi connectivity index (χ1n) is 9.76. The van der Waals surface area contributed by atoms with Crippen molar-refractivity contribution in [2.75, 3.05) is 43.4 Å². The van der Waals surface area contributed by atoms with E-state index in [0.717, 1.165) is 61.8 Å². The monoisotopic (exact) mass is 365 g/mol. The molecule has 0 atom stereocenters. The Morgan fingerprint density at radius 2 is 1.96 bits per heavy atom. The van der Waals surface area contributed by atoms with Gasteiger partial charge < -0.3 is 15.7 Å². The van der Waals surface area contributed by atoms with Gasteiger partial charge in [0.05, 0.1) is 23.3 Å². The number of nitrogen functional groups attached to an aromatic ring is 1. The maximum Gasteiger partial charge on any atom is 0.147 e. The molecule has 0 spiro atoms. The largest absolute Gasteiger partial charge is 0.506 e. The number of hydrogen-bond donors (Lipinski definition) is 2. The number of fused-ring (bicyclic) bond motifs is 1. The highest BCUT2D eigenvalue weighted by molar-refractivity contribution is 5.84. The van der Waals surface area contributed by atoms with Crippen molar-refractivity contribution in [3.05, 3.63) is 41.3 Å². The normalized spacial score (nSPS) is 17.5. The number of aromatic hydroxyl groups is 1. The lowest BCUT2D eigenvalue weighted by Crippen LogP contribution is -2.46. The third kappa shape index (κ3) is 3.76. The topological polar surface area (TPSA) is 78.5 Å². The molecule has 0 amide bonds. The summed E-state index contributed by atoms with van der Waals surface area (Å²) in [6.07, 6.45) is 7.02. The Kier molecular flexibility index (Phi) is 4.99. The van der Waals surface area contributed by atoms with Crippen LogP contribution in [0.5, 0.6) is 5.75 Å². The van der Waals surface area contributed by atoms with Gasteiger partial charge in [-0.25, -0.2) is 4.98 Å². The summed E-state index contributed by atoms with van der Waals surface area (Å²) >= 11 is 0. The average Bonchev–Trinajstić information content (AvgIpc) is 2.70. The molecule has 0 unspecified atom stereocenters. The number of nitrogens with two attached hydrogens (primary N) is 1. The highest BCUT2D eigenvalue weighted by Gasteiger charge is 2.20. The molecular weight excluding hydrogens is 338 g/mol. The molecule has 27 heavy (non-hydrogen) atoms. The second kappa shape index (κ2) is 7.56. The minimum atomic E-state index is 0.125. The van der Waals surface area contributed by atoms with E-state index in [1.54, 1.807) is 6.07 Å². The van der Waals surface area contributed by atoms with E-state index in [1.165, 1.54) is 18.5 Å². The van der Waals surface area contributed by atoms with Crippen LogP contribution in [0.25, 0.3) is 11.6 Å². The van der Waals surface area contributed by atoms with E-state index in [9.17, 15) is 5.11 Å². The van der Waals surface area contributed by atoms with Crippen molar-refractivity contribution in [3.8, 4) is 5.75 Å². The molecular formula is C21H27N5O. The molecule has 1 aliphatic heterocycles. The minimum absolute atomic E-state index is 0.125. The van der Waals surface area contributed by atoms with Crippen LogP contribution in [0.3, 0.4) is 0 Å². The maximum absolute atomic E-state index is 9.66. The van der Waals surface area contributed by atoms with Crippen LogP contribution in [0.4, 0.5) is 11.5 Å². The van der Waals surface area contributed by atoms with E-state index in [2.05, 4.69) is 27.8 Å². The van der Waals surface area contributed by atoms with Crippen molar-refractivity contribution in [2.45, 2.75) is 26.2 Å². The van der Waals surface area contributed by atoms with E-state index in [-0.39, 0.29) is 5.75 Å². The quantitative estimate of drug-likeness (QED) is 0.641. The summed E-state index contributed by atoms with van der Waals surface area (Å²) < 4.78 is 0. The summed E-state index contributed by atoms with van der Waals surface area (Å²) in [5, 5.41) is 9.66. The molecule has 6 heteroatoms. The third-order valence-corrected chi connectivity index (χ3v) is 5.44. The summed E-state index contributed by atoms with van der Waals surface area (Å²) in [5.74, 6) is 1.09. The lowest BCUT2D eigenvalue weighted by Gasteiger charge is -2.35. The number of rotatable bonds is 4. The van der Waals surface area contributed by atoms with Gasteiger partial charge in [0.15, 0.2) is 0 Å². The molecule has 1 aromatic carbocycles. The van der Waals surface area contributed by atoms with Gasteiger partial charge in [-0.2, -0.15) is 0 Å². The Bertz CT molecular complexity index is 856. The summed E-state index contributed by atoms with van der Waals surface area (Å²) in [5.41, 5.74) is 10.5. The molecule has 4 rings (SSSR count). The van der Waals surface area contributed by atoms with Crippen molar-refractivity contribution in [2.24, 2.45) is 0 Å². The molecule has 142 valence electrons. The summed E-state index contributed by atoms with van der Waals surface area (Å²) in [6.45, 7) is 7.57. The van der Waals surface area contributed by atoms with Crippen molar-refractivity contribution in [1.29, 1.82) is 0 Å². The average molecular weight is 365 g/mol. The first-order chi connectivity index (χ1) is 13.1. The smallest absolute Gasteiger partial charge is 0.147 e. The van der Waals surface area contributed by atoms with Crippen LogP contribution in [0.2, 0.25) is 0 Å². The first-order valence-corrected chi connectivity index (χ1v) is 9.76. The Morgan fingerprint density at radius 3 is 2.70 bits per heavy atom. The van der Waals surface area contributed by atoms with Crippen LogP contribution in [-0.2, 0) is 6.42 Å². The Morgan fingerprint density at radius 1 is 1.15 bits per heavy atom. The number of aromatic nitrogens is 2. The fraction of sp³-hybridized carbons (Fsp3) is 0.429. The number of allylic oxidation sites excluding steroid dienone is 1. The second-order valence-corrected chi connectivity index (χ2v) is 7.33. The highest BCUT2D eigenvalue weighted by atomic mass is 16.3. The van der Waals surface area contributed by atoms with E-state index in [1.807, 2.05) is 18.3 Å².